The van der Waals surface area contributed by atoms with Crippen LogP contribution in [0, 0.1) is 17.5 Å². The zero-order valence-electron chi connectivity index (χ0n) is 8.84. The molecule has 1 aromatic rings. The van der Waals surface area contributed by atoms with Crippen LogP contribution < -0.4 is 5.32 Å². The standard InChI is InChI=1S/C10H10F3NO3/c1-17-4-8(10(15)16)14-9-6(12)2-5(11)3-7(9)13/h2-3,8,14H,4H2,1H3,(H,15,16). The molecule has 2 N–H and O–H groups in total. The van der Waals surface area contributed by atoms with Gasteiger partial charge in [-0.15, -0.1) is 0 Å². The van der Waals surface area contributed by atoms with Crippen LogP contribution in [0.2, 0.25) is 0 Å². The van der Waals surface area contributed by atoms with Gasteiger partial charge in [0.05, 0.1) is 6.61 Å². The fourth-order valence-electron chi connectivity index (χ4n) is 1.20. The highest BCUT2D eigenvalue weighted by molar-refractivity contribution is 5.77. The predicted octanol–water partition coefficient (Wildman–Crippen LogP) is 1.62. The molecule has 0 spiro atoms. The van der Waals surface area contributed by atoms with Crippen molar-refractivity contribution in [2.45, 2.75) is 6.04 Å². The molecule has 94 valence electrons. The van der Waals surface area contributed by atoms with E-state index in [1.54, 1.807) is 0 Å². The van der Waals surface area contributed by atoms with Crippen molar-refractivity contribution in [3.63, 3.8) is 0 Å². The summed E-state index contributed by atoms with van der Waals surface area (Å²) in [5, 5.41) is 10.8. The second kappa shape index (κ2) is 5.53. The van der Waals surface area contributed by atoms with Crippen molar-refractivity contribution >= 4 is 11.7 Å². The van der Waals surface area contributed by atoms with Crippen LogP contribution >= 0.6 is 0 Å². The number of anilines is 1. The molecule has 0 aromatic heterocycles. The van der Waals surface area contributed by atoms with E-state index in [2.05, 4.69) is 10.1 Å². The van der Waals surface area contributed by atoms with Gasteiger partial charge in [0.15, 0.2) is 11.6 Å². The summed E-state index contributed by atoms with van der Waals surface area (Å²) in [7, 11) is 1.25. The van der Waals surface area contributed by atoms with E-state index in [4.69, 9.17) is 5.11 Å². The van der Waals surface area contributed by atoms with E-state index in [1.165, 1.54) is 7.11 Å². The molecule has 0 aliphatic rings. The van der Waals surface area contributed by atoms with Crippen molar-refractivity contribution in [3.05, 3.63) is 29.6 Å². The minimum Gasteiger partial charge on any atom is -0.480 e. The summed E-state index contributed by atoms with van der Waals surface area (Å²) in [5.41, 5.74) is -0.698. The maximum absolute atomic E-state index is 13.2. The number of carbonyl (C=O) groups is 1. The number of ether oxygens (including phenoxy) is 1. The summed E-state index contributed by atoms with van der Waals surface area (Å²) < 4.78 is 43.6. The Hall–Kier alpha value is -1.76. The lowest BCUT2D eigenvalue weighted by molar-refractivity contribution is -0.139. The quantitative estimate of drug-likeness (QED) is 0.832. The van der Waals surface area contributed by atoms with Crippen LogP contribution in [0.5, 0.6) is 0 Å². The SMILES string of the molecule is COCC(Nc1c(F)cc(F)cc1F)C(=O)O. The van der Waals surface area contributed by atoms with E-state index >= 15 is 0 Å². The number of benzene rings is 1. The first-order valence-corrected chi connectivity index (χ1v) is 4.58. The zero-order valence-corrected chi connectivity index (χ0v) is 8.84. The minimum absolute atomic E-state index is 0.286. The van der Waals surface area contributed by atoms with Crippen molar-refractivity contribution in [2.75, 3.05) is 19.0 Å². The number of rotatable bonds is 5. The Morgan fingerprint density at radius 2 is 1.94 bits per heavy atom. The molecule has 0 aliphatic heterocycles. The minimum atomic E-state index is -1.34. The number of nitrogens with one attached hydrogen (secondary N) is 1. The summed E-state index contributed by atoms with van der Waals surface area (Å²) in [6.45, 7) is -0.286. The fraction of sp³-hybridized carbons (Fsp3) is 0.300. The van der Waals surface area contributed by atoms with E-state index in [9.17, 15) is 18.0 Å². The molecule has 0 fully saturated rings. The molecule has 0 heterocycles. The van der Waals surface area contributed by atoms with Gasteiger partial charge in [-0.2, -0.15) is 0 Å². The summed E-state index contributed by atoms with van der Waals surface area (Å²) >= 11 is 0. The van der Waals surface area contributed by atoms with Gasteiger partial charge in [0, 0.05) is 19.2 Å². The van der Waals surface area contributed by atoms with E-state index in [0.29, 0.717) is 12.1 Å². The van der Waals surface area contributed by atoms with Gasteiger partial charge in [0.2, 0.25) is 0 Å². The molecule has 0 bridgehead atoms. The van der Waals surface area contributed by atoms with Gasteiger partial charge >= 0.3 is 5.97 Å². The van der Waals surface area contributed by atoms with Crippen molar-refractivity contribution < 1.29 is 27.8 Å². The van der Waals surface area contributed by atoms with Gasteiger partial charge in [-0.05, 0) is 0 Å². The summed E-state index contributed by atoms with van der Waals surface area (Å²) in [6, 6.07) is -0.414. The van der Waals surface area contributed by atoms with Gasteiger partial charge in [-0.3, -0.25) is 0 Å². The Labute approximate surface area is 95.0 Å². The second-order valence-electron chi connectivity index (χ2n) is 3.23. The third kappa shape index (κ3) is 3.35. The highest BCUT2D eigenvalue weighted by atomic mass is 19.1. The first kappa shape index (κ1) is 13.3. The number of aliphatic carboxylic acids is 1. The molecule has 0 amide bonds. The first-order chi connectivity index (χ1) is 7.95. The Kier molecular flexibility index (Phi) is 4.33. The van der Waals surface area contributed by atoms with E-state index < -0.39 is 35.2 Å². The average Bonchev–Trinajstić information content (AvgIpc) is 2.21. The van der Waals surface area contributed by atoms with Crippen LogP contribution in [0.1, 0.15) is 0 Å². The van der Waals surface area contributed by atoms with Crippen molar-refractivity contribution in [1.82, 2.24) is 0 Å². The maximum atomic E-state index is 13.2. The van der Waals surface area contributed by atoms with E-state index in [0.717, 1.165) is 0 Å². The topological polar surface area (TPSA) is 58.6 Å². The van der Waals surface area contributed by atoms with Crippen LogP contribution in [0.3, 0.4) is 0 Å². The normalized spacial score (nSPS) is 12.2. The number of hydrogen-bond donors (Lipinski definition) is 2. The molecule has 0 saturated heterocycles. The van der Waals surface area contributed by atoms with Gasteiger partial charge in [0.1, 0.15) is 17.5 Å². The average molecular weight is 249 g/mol. The monoisotopic (exact) mass is 249 g/mol. The van der Waals surface area contributed by atoms with Gasteiger partial charge in [-0.25, -0.2) is 18.0 Å². The molecule has 17 heavy (non-hydrogen) atoms. The molecule has 4 nitrogen and oxygen atoms in total. The number of carboxylic acid groups (broad SMARTS) is 1. The molecule has 1 unspecified atom stereocenters. The predicted molar refractivity (Wildman–Crippen MR) is 53.2 cm³/mol. The summed E-state index contributed by atoms with van der Waals surface area (Å²) in [6.07, 6.45) is 0. The van der Waals surface area contributed by atoms with Gasteiger partial charge in [-0.1, -0.05) is 0 Å². The van der Waals surface area contributed by atoms with Crippen molar-refractivity contribution in [1.29, 1.82) is 0 Å². The largest absolute Gasteiger partial charge is 0.480 e. The number of hydrogen-bond acceptors (Lipinski definition) is 3. The van der Waals surface area contributed by atoms with Crippen molar-refractivity contribution in [3.8, 4) is 0 Å². The fourth-order valence-corrected chi connectivity index (χ4v) is 1.20. The molecule has 0 aliphatic carbocycles. The summed E-state index contributed by atoms with van der Waals surface area (Å²) in [4.78, 5) is 10.7. The zero-order chi connectivity index (χ0) is 13.0. The third-order valence-corrected chi connectivity index (χ3v) is 1.96. The summed E-state index contributed by atoms with van der Waals surface area (Å²) in [5.74, 6) is -4.83. The van der Waals surface area contributed by atoms with Crippen molar-refractivity contribution in [2.24, 2.45) is 0 Å². The first-order valence-electron chi connectivity index (χ1n) is 4.58. The Morgan fingerprint density at radius 3 is 2.35 bits per heavy atom. The lowest BCUT2D eigenvalue weighted by atomic mass is 10.2. The molecular formula is C10H10F3NO3. The molecule has 0 radical (unpaired) electrons. The molecule has 0 saturated carbocycles. The second-order valence-corrected chi connectivity index (χ2v) is 3.23. The lowest BCUT2D eigenvalue weighted by Gasteiger charge is -2.15. The molecule has 7 heteroatoms. The van der Waals surface area contributed by atoms with Gasteiger partial charge in [0.25, 0.3) is 0 Å². The molecule has 1 atom stereocenters. The smallest absolute Gasteiger partial charge is 0.328 e. The maximum Gasteiger partial charge on any atom is 0.328 e. The Morgan fingerprint density at radius 1 is 1.41 bits per heavy atom. The highest BCUT2D eigenvalue weighted by Crippen LogP contribution is 2.21. The van der Waals surface area contributed by atoms with Crippen LogP contribution in [-0.2, 0) is 9.53 Å². The molecule has 1 rings (SSSR count). The number of methoxy groups -OCH3 is 1. The third-order valence-electron chi connectivity index (χ3n) is 1.96. The Bertz CT molecular complexity index is 402. The Balaban J connectivity index is 2.97. The number of carboxylic acids is 1. The molecular weight excluding hydrogens is 239 g/mol. The highest BCUT2D eigenvalue weighted by Gasteiger charge is 2.21. The van der Waals surface area contributed by atoms with E-state index in [-0.39, 0.29) is 6.61 Å². The number of halogens is 3. The van der Waals surface area contributed by atoms with Crippen LogP contribution in [0.15, 0.2) is 12.1 Å². The van der Waals surface area contributed by atoms with Crippen LogP contribution in [0.25, 0.3) is 0 Å². The lowest BCUT2D eigenvalue weighted by Crippen LogP contribution is -2.34. The molecule has 1 aromatic carbocycles. The van der Waals surface area contributed by atoms with E-state index in [1.807, 2.05) is 0 Å². The van der Waals surface area contributed by atoms with Crippen LogP contribution in [0.4, 0.5) is 18.9 Å². The van der Waals surface area contributed by atoms with Crippen LogP contribution in [-0.4, -0.2) is 30.8 Å². The van der Waals surface area contributed by atoms with Gasteiger partial charge < -0.3 is 15.2 Å².